The Kier molecular flexibility index (Phi) is 10.3. The Labute approximate surface area is 164 Å². The van der Waals surface area contributed by atoms with Gasteiger partial charge in [-0.25, -0.2) is 4.79 Å². The van der Waals surface area contributed by atoms with Crippen molar-refractivity contribution in [2.75, 3.05) is 32.8 Å². The number of aliphatic imine (C=N–C) groups is 1. The molecule has 1 heterocycles. The summed E-state index contributed by atoms with van der Waals surface area (Å²) in [5.74, 6) is 0.517. The van der Waals surface area contributed by atoms with Gasteiger partial charge < -0.3 is 25.4 Å². The molecule has 2 aliphatic rings. The maximum Gasteiger partial charge on any atom is 0.409 e. The predicted octanol–water partition coefficient (Wildman–Crippen LogP) is 3.03. The van der Waals surface area contributed by atoms with Crippen LogP contribution >= 0.6 is 0 Å². The van der Waals surface area contributed by atoms with Crippen LogP contribution in [0.3, 0.4) is 0 Å². The molecule has 0 aromatic carbocycles. The van der Waals surface area contributed by atoms with Crippen molar-refractivity contribution in [2.45, 2.75) is 83.3 Å². The van der Waals surface area contributed by atoms with Crippen LogP contribution < -0.4 is 11.1 Å². The molecular formula is C20H38N4O3. The molecule has 3 N–H and O–H groups in total. The van der Waals surface area contributed by atoms with E-state index in [1.807, 2.05) is 6.92 Å². The van der Waals surface area contributed by atoms with E-state index >= 15 is 0 Å². The van der Waals surface area contributed by atoms with Crippen LogP contribution in [0, 0.1) is 0 Å². The molecule has 1 amide bonds. The van der Waals surface area contributed by atoms with Gasteiger partial charge in [0.05, 0.1) is 12.7 Å². The van der Waals surface area contributed by atoms with Gasteiger partial charge in [0.25, 0.3) is 0 Å². The van der Waals surface area contributed by atoms with Gasteiger partial charge >= 0.3 is 6.09 Å². The first-order valence-corrected chi connectivity index (χ1v) is 10.8. The number of likely N-dealkylation sites (tertiary alicyclic amines) is 1. The average molecular weight is 383 g/mol. The minimum Gasteiger partial charge on any atom is -0.450 e. The minimum absolute atomic E-state index is 0.218. The van der Waals surface area contributed by atoms with Gasteiger partial charge in [-0.3, -0.25) is 4.99 Å². The number of unbranched alkanes of at least 4 members (excludes halogenated alkanes) is 2. The highest BCUT2D eigenvalue weighted by Crippen LogP contribution is 2.20. The average Bonchev–Trinajstić information content (AvgIpc) is 2.69. The molecule has 0 unspecified atom stereocenters. The number of ether oxygens (including phenoxy) is 2. The van der Waals surface area contributed by atoms with E-state index in [0.717, 1.165) is 45.3 Å². The molecule has 1 saturated heterocycles. The molecule has 7 heteroatoms. The largest absolute Gasteiger partial charge is 0.450 e. The van der Waals surface area contributed by atoms with Gasteiger partial charge in [-0.2, -0.15) is 0 Å². The van der Waals surface area contributed by atoms with E-state index in [1.54, 1.807) is 4.90 Å². The van der Waals surface area contributed by atoms with Crippen LogP contribution in [-0.4, -0.2) is 61.9 Å². The van der Waals surface area contributed by atoms with Crippen molar-refractivity contribution < 1.29 is 14.3 Å². The highest BCUT2D eigenvalue weighted by Gasteiger charge is 2.23. The second kappa shape index (κ2) is 12.8. The number of hydrogen-bond acceptors (Lipinski definition) is 4. The van der Waals surface area contributed by atoms with Crippen LogP contribution in [0.2, 0.25) is 0 Å². The van der Waals surface area contributed by atoms with Gasteiger partial charge in [0, 0.05) is 32.3 Å². The van der Waals surface area contributed by atoms with Gasteiger partial charge in [-0.1, -0.05) is 19.3 Å². The molecule has 1 saturated carbocycles. The standard InChI is InChI=1S/C20H38N4O3/c1-2-26-20(25)24-14-11-17(12-15-24)23-19(21)22-13-7-4-8-16-27-18-9-5-3-6-10-18/h17-18H,2-16H2,1H3,(H3,21,22,23). The van der Waals surface area contributed by atoms with E-state index < -0.39 is 0 Å². The number of carbonyl (C=O) groups excluding carboxylic acids is 1. The van der Waals surface area contributed by atoms with Crippen LogP contribution in [0.4, 0.5) is 4.79 Å². The number of nitrogens with one attached hydrogen (secondary N) is 1. The Morgan fingerprint density at radius 2 is 1.85 bits per heavy atom. The van der Waals surface area contributed by atoms with Crippen LogP contribution in [0.15, 0.2) is 4.99 Å². The highest BCUT2D eigenvalue weighted by molar-refractivity contribution is 5.78. The third-order valence-electron chi connectivity index (χ3n) is 5.36. The van der Waals surface area contributed by atoms with Crippen molar-refractivity contribution in [3.63, 3.8) is 0 Å². The number of nitrogens with zero attached hydrogens (tertiary/aromatic N) is 2. The summed E-state index contributed by atoms with van der Waals surface area (Å²) in [6, 6.07) is 0.281. The lowest BCUT2D eigenvalue weighted by molar-refractivity contribution is 0.0264. The summed E-state index contributed by atoms with van der Waals surface area (Å²) in [6.07, 6.45) is 11.8. The monoisotopic (exact) mass is 382 g/mol. The molecule has 1 aliphatic heterocycles. The number of piperidine rings is 1. The third kappa shape index (κ3) is 8.82. The zero-order valence-electron chi connectivity index (χ0n) is 17.0. The lowest BCUT2D eigenvalue weighted by atomic mass is 9.98. The van der Waals surface area contributed by atoms with Crippen LogP contribution in [0.25, 0.3) is 0 Å². The number of guanidine groups is 1. The third-order valence-corrected chi connectivity index (χ3v) is 5.36. The normalized spacial score (nSPS) is 19.9. The van der Waals surface area contributed by atoms with Crippen molar-refractivity contribution in [1.82, 2.24) is 10.2 Å². The second-order valence-corrected chi connectivity index (χ2v) is 7.56. The van der Waals surface area contributed by atoms with Crippen LogP contribution in [0.1, 0.15) is 71.1 Å². The van der Waals surface area contributed by atoms with Gasteiger partial charge in [0.15, 0.2) is 5.96 Å². The predicted molar refractivity (Wildman–Crippen MR) is 108 cm³/mol. The zero-order chi connectivity index (χ0) is 19.3. The molecular weight excluding hydrogens is 344 g/mol. The summed E-state index contributed by atoms with van der Waals surface area (Å²) >= 11 is 0. The van der Waals surface area contributed by atoms with Crippen molar-refractivity contribution in [3.8, 4) is 0 Å². The lowest BCUT2D eigenvalue weighted by Crippen LogP contribution is -2.48. The summed E-state index contributed by atoms with van der Waals surface area (Å²) in [6.45, 7) is 5.27. The Hall–Kier alpha value is -1.50. The number of nitrogens with two attached hydrogens (primary N) is 1. The molecule has 0 aromatic heterocycles. The number of hydrogen-bond donors (Lipinski definition) is 2. The molecule has 156 valence electrons. The summed E-state index contributed by atoms with van der Waals surface area (Å²) < 4.78 is 11.0. The van der Waals surface area contributed by atoms with Gasteiger partial charge in [-0.15, -0.1) is 0 Å². The molecule has 2 fully saturated rings. The summed E-state index contributed by atoms with van der Waals surface area (Å²) in [5, 5.41) is 3.28. The summed E-state index contributed by atoms with van der Waals surface area (Å²) in [7, 11) is 0. The van der Waals surface area contributed by atoms with E-state index in [-0.39, 0.29) is 12.1 Å². The fourth-order valence-corrected chi connectivity index (χ4v) is 3.75. The highest BCUT2D eigenvalue weighted by atomic mass is 16.6. The first-order chi connectivity index (χ1) is 13.2. The number of rotatable bonds is 9. The smallest absolute Gasteiger partial charge is 0.409 e. The molecule has 0 atom stereocenters. The molecule has 7 nitrogen and oxygen atoms in total. The molecule has 0 aromatic rings. The maximum absolute atomic E-state index is 11.7. The first-order valence-electron chi connectivity index (χ1n) is 10.8. The van der Waals surface area contributed by atoms with E-state index in [0.29, 0.717) is 31.8 Å². The van der Waals surface area contributed by atoms with E-state index in [9.17, 15) is 4.79 Å². The van der Waals surface area contributed by atoms with Crippen LogP contribution in [-0.2, 0) is 9.47 Å². The van der Waals surface area contributed by atoms with Crippen molar-refractivity contribution >= 4 is 12.1 Å². The summed E-state index contributed by atoms with van der Waals surface area (Å²) in [5.41, 5.74) is 5.99. The van der Waals surface area contributed by atoms with E-state index in [2.05, 4.69) is 10.3 Å². The fourth-order valence-electron chi connectivity index (χ4n) is 3.75. The van der Waals surface area contributed by atoms with Crippen molar-refractivity contribution in [1.29, 1.82) is 0 Å². The number of carbonyl (C=O) groups is 1. The minimum atomic E-state index is -0.218. The van der Waals surface area contributed by atoms with E-state index in [4.69, 9.17) is 15.2 Å². The fraction of sp³-hybridized carbons (Fsp3) is 0.900. The van der Waals surface area contributed by atoms with Gasteiger partial charge in [0.1, 0.15) is 0 Å². The Morgan fingerprint density at radius 3 is 2.56 bits per heavy atom. The van der Waals surface area contributed by atoms with Crippen molar-refractivity contribution in [3.05, 3.63) is 0 Å². The Bertz CT molecular complexity index is 445. The molecule has 0 bridgehead atoms. The molecule has 27 heavy (non-hydrogen) atoms. The lowest BCUT2D eigenvalue weighted by Gasteiger charge is -2.31. The molecule has 2 rings (SSSR count). The van der Waals surface area contributed by atoms with Gasteiger partial charge in [-0.05, 0) is 51.9 Å². The zero-order valence-corrected chi connectivity index (χ0v) is 17.0. The molecule has 1 aliphatic carbocycles. The number of amides is 1. The SMILES string of the molecule is CCOC(=O)N1CCC(NC(N)=NCCCCCOC2CCCCC2)CC1. The van der Waals surface area contributed by atoms with Gasteiger partial charge in [0.2, 0.25) is 0 Å². The molecule has 0 radical (unpaired) electrons. The Balaban J connectivity index is 1.48. The first kappa shape index (κ1) is 21.8. The Morgan fingerprint density at radius 1 is 1.11 bits per heavy atom. The van der Waals surface area contributed by atoms with Crippen molar-refractivity contribution in [2.24, 2.45) is 10.7 Å². The van der Waals surface area contributed by atoms with Crippen LogP contribution in [0.5, 0.6) is 0 Å². The van der Waals surface area contributed by atoms with E-state index in [1.165, 1.54) is 32.1 Å². The maximum atomic E-state index is 11.7. The topological polar surface area (TPSA) is 89.2 Å². The molecule has 0 spiro atoms. The second-order valence-electron chi connectivity index (χ2n) is 7.56. The quantitative estimate of drug-likeness (QED) is 0.363. The summed E-state index contributed by atoms with van der Waals surface area (Å²) in [4.78, 5) is 17.9.